The lowest BCUT2D eigenvalue weighted by Gasteiger charge is -1.95. The van der Waals surface area contributed by atoms with E-state index in [1.54, 1.807) is 11.8 Å². The Morgan fingerprint density at radius 3 is 3.18 bits per heavy atom. The summed E-state index contributed by atoms with van der Waals surface area (Å²) < 4.78 is 0. The summed E-state index contributed by atoms with van der Waals surface area (Å²) >= 11 is 1.74. The first kappa shape index (κ1) is 6.73. The predicted molar refractivity (Wildman–Crippen MR) is 47.9 cm³/mol. The van der Waals surface area contributed by atoms with Crippen LogP contribution in [0.4, 0.5) is 0 Å². The van der Waals surface area contributed by atoms with Gasteiger partial charge in [-0.25, -0.2) is 4.98 Å². The first-order valence-electron chi connectivity index (χ1n) is 3.38. The number of rotatable bonds is 1. The van der Waals surface area contributed by atoms with E-state index in [1.807, 2.05) is 24.5 Å². The highest BCUT2D eigenvalue weighted by Crippen LogP contribution is 2.23. The van der Waals surface area contributed by atoms with E-state index in [9.17, 15) is 0 Å². The van der Waals surface area contributed by atoms with Crippen molar-refractivity contribution in [2.45, 2.75) is 4.90 Å². The second kappa shape index (κ2) is 2.58. The molecule has 2 aromatic heterocycles. The summed E-state index contributed by atoms with van der Waals surface area (Å²) in [6.45, 7) is 0. The van der Waals surface area contributed by atoms with Gasteiger partial charge in [0, 0.05) is 22.7 Å². The van der Waals surface area contributed by atoms with Gasteiger partial charge in [0.2, 0.25) is 0 Å². The van der Waals surface area contributed by atoms with E-state index < -0.39 is 0 Å². The SMILES string of the molecule is CSc1ccnc2[nH]ccc12. The van der Waals surface area contributed by atoms with E-state index in [4.69, 9.17) is 0 Å². The maximum Gasteiger partial charge on any atom is 0.138 e. The number of aromatic amines is 1. The number of fused-ring (bicyclic) bond motifs is 1. The van der Waals surface area contributed by atoms with Crippen LogP contribution in [0.1, 0.15) is 0 Å². The molecule has 0 radical (unpaired) electrons. The number of H-pyrrole nitrogens is 1. The molecule has 0 unspecified atom stereocenters. The molecule has 0 amide bonds. The summed E-state index contributed by atoms with van der Waals surface area (Å²) in [5, 5.41) is 1.21. The number of hydrogen-bond acceptors (Lipinski definition) is 2. The van der Waals surface area contributed by atoms with Crippen molar-refractivity contribution in [3.8, 4) is 0 Å². The van der Waals surface area contributed by atoms with Crippen LogP contribution in [0.5, 0.6) is 0 Å². The van der Waals surface area contributed by atoms with Gasteiger partial charge in [-0.3, -0.25) is 0 Å². The molecule has 0 aromatic carbocycles. The molecule has 1 N–H and O–H groups in total. The molecule has 0 fully saturated rings. The topological polar surface area (TPSA) is 28.7 Å². The van der Waals surface area contributed by atoms with Crippen molar-refractivity contribution in [3.63, 3.8) is 0 Å². The lowest BCUT2D eigenvalue weighted by Crippen LogP contribution is -1.76. The van der Waals surface area contributed by atoms with Crippen molar-refractivity contribution >= 4 is 22.8 Å². The zero-order valence-electron chi connectivity index (χ0n) is 6.16. The highest BCUT2D eigenvalue weighted by Gasteiger charge is 1.99. The molecular weight excluding hydrogens is 156 g/mol. The largest absolute Gasteiger partial charge is 0.346 e. The average Bonchev–Trinajstić information content (AvgIpc) is 2.50. The fraction of sp³-hybridized carbons (Fsp3) is 0.125. The Hall–Kier alpha value is -0.960. The lowest BCUT2D eigenvalue weighted by molar-refractivity contribution is 1.30. The van der Waals surface area contributed by atoms with Gasteiger partial charge in [0.15, 0.2) is 0 Å². The summed E-state index contributed by atoms with van der Waals surface area (Å²) in [6.07, 6.45) is 5.81. The van der Waals surface area contributed by atoms with E-state index in [-0.39, 0.29) is 0 Å². The molecule has 0 spiro atoms. The van der Waals surface area contributed by atoms with Crippen molar-refractivity contribution in [1.29, 1.82) is 0 Å². The van der Waals surface area contributed by atoms with Crippen LogP contribution in [0.3, 0.4) is 0 Å². The van der Waals surface area contributed by atoms with Gasteiger partial charge >= 0.3 is 0 Å². The third-order valence-electron chi connectivity index (χ3n) is 1.64. The van der Waals surface area contributed by atoms with Crippen LogP contribution in [-0.4, -0.2) is 16.2 Å². The maximum absolute atomic E-state index is 4.18. The summed E-state index contributed by atoms with van der Waals surface area (Å²) in [6, 6.07) is 4.08. The molecule has 56 valence electrons. The van der Waals surface area contributed by atoms with E-state index in [2.05, 4.69) is 16.2 Å². The Balaban J connectivity index is 2.79. The molecule has 0 bridgehead atoms. The van der Waals surface area contributed by atoms with E-state index in [1.165, 1.54) is 10.3 Å². The molecule has 0 saturated carbocycles. The van der Waals surface area contributed by atoms with Gasteiger partial charge in [0.1, 0.15) is 5.65 Å². The molecule has 3 heteroatoms. The van der Waals surface area contributed by atoms with Gasteiger partial charge in [0.25, 0.3) is 0 Å². The first-order chi connectivity index (χ1) is 5.42. The van der Waals surface area contributed by atoms with Gasteiger partial charge in [-0.15, -0.1) is 11.8 Å². The van der Waals surface area contributed by atoms with Crippen molar-refractivity contribution in [1.82, 2.24) is 9.97 Å². The van der Waals surface area contributed by atoms with Crippen molar-refractivity contribution in [3.05, 3.63) is 24.5 Å². The Kier molecular flexibility index (Phi) is 1.58. The second-order valence-corrected chi connectivity index (χ2v) is 3.10. The Bertz CT molecular complexity index is 367. The summed E-state index contributed by atoms with van der Waals surface area (Å²) in [5.41, 5.74) is 0.969. The standard InChI is InChI=1S/C8H8N2S/c1-11-7-3-5-10-8-6(7)2-4-9-8/h2-5H,1H3,(H,9,10). The first-order valence-corrected chi connectivity index (χ1v) is 4.60. The Labute approximate surface area is 69.0 Å². The van der Waals surface area contributed by atoms with Gasteiger partial charge < -0.3 is 4.98 Å². The zero-order valence-corrected chi connectivity index (χ0v) is 6.98. The molecule has 2 aromatic rings. The monoisotopic (exact) mass is 164 g/mol. The fourth-order valence-electron chi connectivity index (χ4n) is 1.11. The van der Waals surface area contributed by atoms with Gasteiger partial charge in [0.05, 0.1) is 0 Å². The number of thioether (sulfide) groups is 1. The molecule has 0 aliphatic rings. The average molecular weight is 164 g/mol. The second-order valence-electron chi connectivity index (χ2n) is 2.25. The number of nitrogens with zero attached hydrogens (tertiary/aromatic N) is 1. The van der Waals surface area contributed by atoms with Crippen LogP contribution >= 0.6 is 11.8 Å². The quantitative estimate of drug-likeness (QED) is 0.655. The maximum atomic E-state index is 4.18. The Morgan fingerprint density at radius 2 is 2.36 bits per heavy atom. The van der Waals surface area contributed by atoms with Crippen LogP contribution < -0.4 is 0 Å². The fourth-order valence-corrected chi connectivity index (χ4v) is 1.70. The van der Waals surface area contributed by atoms with Gasteiger partial charge in [-0.1, -0.05) is 0 Å². The molecular formula is C8H8N2S. The number of nitrogens with one attached hydrogen (secondary N) is 1. The lowest BCUT2D eigenvalue weighted by atomic mass is 10.3. The molecule has 2 nitrogen and oxygen atoms in total. The zero-order chi connectivity index (χ0) is 7.68. The smallest absolute Gasteiger partial charge is 0.138 e. The molecule has 2 rings (SSSR count). The minimum absolute atomic E-state index is 0.969. The summed E-state index contributed by atoms with van der Waals surface area (Å²) in [4.78, 5) is 8.53. The van der Waals surface area contributed by atoms with Crippen LogP contribution in [-0.2, 0) is 0 Å². The minimum atomic E-state index is 0.969. The Morgan fingerprint density at radius 1 is 1.45 bits per heavy atom. The van der Waals surface area contributed by atoms with Crippen molar-refractivity contribution in [2.24, 2.45) is 0 Å². The summed E-state index contributed by atoms with van der Waals surface area (Å²) in [7, 11) is 0. The van der Waals surface area contributed by atoms with E-state index >= 15 is 0 Å². The van der Waals surface area contributed by atoms with Gasteiger partial charge in [-0.05, 0) is 18.4 Å². The van der Waals surface area contributed by atoms with Gasteiger partial charge in [-0.2, -0.15) is 0 Å². The predicted octanol–water partition coefficient (Wildman–Crippen LogP) is 2.28. The number of hydrogen-bond donors (Lipinski definition) is 1. The minimum Gasteiger partial charge on any atom is -0.346 e. The normalized spacial score (nSPS) is 10.6. The van der Waals surface area contributed by atoms with Crippen molar-refractivity contribution < 1.29 is 0 Å². The molecule has 0 saturated heterocycles. The summed E-state index contributed by atoms with van der Waals surface area (Å²) in [5.74, 6) is 0. The van der Waals surface area contributed by atoms with Crippen LogP contribution in [0.2, 0.25) is 0 Å². The molecule has 11 heavy (non-hydrogen) atoms. The molecule has 0 aliphatic carbocycles. The van der Waals surface area contributed by atoms with Crippen LogP contribution in [0, 0.1) is 0 Å². The highest BCUT2D eigenvalue weighted by molar-refractivity contribution is 7.98. The third kappa shape index (κ3) is 1.01. The molecule has 0 aliphatic heterocycles. The molecule has 2 heterocycles. The third-order valence-corrected chi connectivity index (χ3v) is 2.44. The number of aromatic nitrogens is 2. The van der Waals surface area contributed by atoms with Crippen LogP contribution in [0.25, 0.3) is 11.0 Å². The highest BCUT2D eigenvalue weighted by atomic mass is 32.2. The van der Waals surface area contributed by atoms with Crippen LogP contribution in [0.15, 0.2) is 29.4 Å². The van der Waals surface area contributed by atoms with Crippen molar-refractivity contribution in [2.75, 3.05) is 6.26 Å². The van der Waals surface area contributed by atoms with E-state index in [0.29, 0.717) is 0 Å². The molecule has 0 atom stereocenters. The van der Waals surface area contributed by atoms with E-state index in [0.717, 1.165) is 5.65 Å². The number of pyridine rings is 1.